The Morgan fingerprint density at radius 2 is 1.38 bits per heavy atom. The zero-order chi connectivity index (χ0) is 53.2. The molecule has 74 heavy (non-hydrogen) atoms. The highest BCUT2D eigenvalue weighted by molar-refractivity contribution is 6.74. The van der Waals surface area contributed by atoms with Crippen LogP contribution in [0.3, 0.4) is 0 Å². The summed E-state index contributed by atoms with van der Waals surface area (Å²) < 4.78 is 56.2. The Labute approximate surface area is 436 Å². The van der Waals surface area contributed by atoms with Gasteiger partial charge in [-0.15, -0.1) is 0 Å². The number of methoxy groups -OCH3 is 2. The van der Waals surface area contributed by atoms with Crippen LogP contribution in [0.1, 0.15) is 94.6 Å². The van der Waals surface area contributed by atoms with E-state index in [1.54, 1.807) is 49.4 Å². The molecule has 0 N–H and O–H groups in total. The summed E-state index contributed by atoms with van der Waals surface area (Å²) in [5, 5.41) is 9.40. The zero-order valence-corrected chi connectivity index (χ0v) is 45.6. The van der Waals surface area contributed by atoms with Crippen LogP contribution in [-0.2, 0) is 40.3 Å². The lowest BCUT2D eigenvalue weighted by atomic mass is 9.80. The molecule has 16 nitrogen and oxygen atoms in total. The van der Waals surface area contributed by atoms with Crippen LogP contribution in [0.4, 0.5) is 0 Å². The molecule has 17 heteroatoms. The minimum atomic E-state index is -2.69. The largest absolute Gasteiger partial charge is 0.497 e. The molecule has 0 radical (unpaired) electrons. The third-order valence-electron chi connectivity index (χ3n) is 14.0. The van der Waals surface area contributed by atoms with E-state index >= 15 is 0 Å². The van der Waals surface area contributed by atoms with Crippen molar-refractivity contribution in [2.75, 3.05) is 34.0 Å². The van der Waals surface area contributed by atoms with Gasteiger partial charge in [0.25, 0.3) is 5.56 Å². The Hall–Kier alpha value is -6.23. The number of carbonyl (C=O) groups excluding carboxylic acids is 1. The summed E-state index contributed by atoms with van der Waals surface area (Å²) in [6.45, 7) is 19.6. The second-order valence-electron chi connectivity index (χ2n) is 20.5. The van der Waals surface area contributed by atoms with E-state index in [9.17, 15) is 14.9 Å². The van der Waals surface area contributed by atoms with Gasteiger partial charge in [-0.2, -0.15) is 5.26 Å². The summed E-state index contributed by atoms with van der Waals surface area (Å²) in [6.07, 6.45) is -0.916. The first-order chi connectivity index (χ1) is 35.4. The Bertz CT molecular complexity index is 2790. The second kappa shape index (κ2) is 24.4. The fourth-order valence-corrected chi connectivity index (χ4v) is 10.4. The molecule has 0 saturated carbocycles. The Morgan fingerprint density at radius 1 is 0.797 bits per heavy atom. The molecule has 0 amide bonds. The van der Waals surface area contributed by atoms with E-state index in [0.717, 1.165) is 16.7 Å². The zero-order valence-electron chi connectivity index (χ0n) is 44.6. The van der Waals surface area contributed by atoms with Gasteiger partial charge in [0.2, 0.25) is 6.41 Å². The Kier molecular flexibility index (Phi) is 18.3. The summed E-state index contributed by atoms with van der Waals surface area (Å²) >= 11 is 0. The van der Waals surface area contributed by atoms with Crippen LogP contribution in [0, 0.1) is 11.3 Å². The monoisotopic (exact) mass is 1030 g/mol. The van der Waals surface area contributed by atoms with Crippen molar-refractivity contribution >= 4 is 25.5 Å². The van der Waals surface area contributed by atoms with Gasteiger partial charge in [-0.05, 0) is 105 Å². The lowest BCUT2D eigenvalue weighted by molar-refractivity contribution is -0.275. The van der Waals surface area contributed by atoms with Gasteiger partial charge in [0.15, 0.2) is 25.7 Å². The predicted molar refractivity (Wildman–Crippen MR) is 284 cm³/mol. The number of aromatic nitrogens is 4. The molecule has 0 spiro atoms. The highest BCUT2D eigenvalue weighted by Gasteiger charge is 2.54. The summed E-state index contributed by atoms with van der Waals surface area (Å²) in [5.74, 6) is 0.944. The number of carbonyl (C=O) groups is 1. The molecule has 1 aliphatic heterocycles. The van der Waals surface area contributed by atoms with Crippen molar-refractivity contribution in [3.63, 3.8) is 0 Å². The molecule has 1 unspecified atom stereocenters. The normalized spacial score (nSPS) is 17.7. The first kappa shape index (κ1) is 55.5. The number of aryl methyl sites for hydroxylation is 1. The van der Waals surface area contributed by atoms with Crippen LogP contribution in [0.5, 0.6) is 11.5 Å². The first-order valence-electron chi connectivity index (χ1n) is 25.3. The predicted octanol–water partition coefficient (Wildman–Crippen LogP) is 9.87. The molecule has 394 valence electrons. The van der Waals surface area contributed by atoms with Crippen molar-refractivity contribution in [2.45, 2.75) is 135 Å². The Balaban J connectivity index is 1.34. The number of esters is 1. The smallest absolute Gasteiger partial charge is 0.338 e. The lowest BCUT2D eigenvalue weighted by Gasteiger charge is -2.43. The number of fused-ring (bicyclic) bond motifs is 1. The highest BCUT2D eigenvalue weighted by atomic mass is 28.4. The van der Waals surface area contributed by atoms with E-state index in [2.05, 4.69) is 77.5 Å². The van der Waals surface area contributed by atoms with Crippen molar-refractivity contribution in [1.29, 1.82) is 5.26 Å². The van der Waals surface area contributed by atoms with Crippen LogP contribution in [0.25, 0.3) is 11.2 Å². The number of benzene rings is 4. The number of hydrogen-bond donors (Lipinski definition) is 0. The molecule has 0 aliphatic carbocycles. The Morgan fingerprint density at radius 3 is 1.93 bits per heavy atom. The summed E-state index contributed by atoms with van der Waals surface area (Å²) in [6, 6.07) is 36.6. The molecule has 2 aromatic heterocycles. The molecule has 7 rings (SSSR count). The topological polar surface area (TPSA) is 171 Å². The van der Waals surface area contributed by atoms with Gasteiger partial charge in [0, 0.05) is 18.6 Å². The summed E-state index contributed by atoms with van der Waals surface area (Å²) in [4.78, 5) is 38.4. The number of ether oxygens (including phenoxy) is 7. The minimum absolute atomic E-state index is 0.0116. The van der Waals surface area contributed by atoms with Gasteiger partial charge >= 0.3 is 5.97 Å². The van der Waals surface area contributed by atoms with Crippen molar-refractivity contribution in [3.8, 4) is 17.6 Å². The fraction of sp³-hybridized carbons (Fsp3) is 0.456. The van der Waals surface area contributed by atoms with Gasteiger partial charge in [0.05, 0.1) is 58.4 Å². The van der Waals surface area contributed by atoms with E-state index in [1.165, 1.54) is 10.9 Å². The molecule has 1 fully saturated rings. The first-order valence-corrected chi connectivity index (χ1v) is 28.2. The van der Waals surface area contributed by atoms with Crippen molar-refractivity contribution in [1.82, 2.24) is 24.0 Å². The maximum absolute atomic E-state index is 14.2. The van der Waals surface area contributed by atoms with Crippen LogP contribution in [-0.4, -0.2) is 109 Å². The number of hydrogen-bond acceptors (Lipinski definition) is 14. The fourth-order valence-electron chi connectivity index (χ4n) is 9.12. The van der Waals surface area contributed by atoms with Gasteiger partial charge in [-0.3, -0.25) is 18.8 Å². The highest BCUT2D eigenvalue weighted by Crippen LogP contribution is 2.46. The van der Waals surface area contributed by atoms with E-state index < -0.39 is 50.8 Å². The maximum atomic E-state index is 14.2. The number of rotatable bonds is 24. The maximum Gasteiger partial charge on any atom is 0.338 e. The van der Waals surface area contributed by atoms with Crippen molar-refractivity contribution in [3.05, 3.63) is 154 Å². The average molecular weight is 1030 g/mol. The molecule has 4 aromatic carbocycles. The van der Waals surface area contributed by atoms with Gasteiger partial charge in [-0.25, -0.2) is 14.8 Å². The molecular weight excluding hydrogens is 957 g/mol. The summed E-state index contributed by atoms with van der Waals surface area (Å²) in [5.41, 5.74) is 1.80. The standard InChI is InChI=1S/C57H72N6O10Si/c1-39(2)63(40(3)4)55(69-34-18-32-58)72-50-49(73-74(10,11)56(5,6)7)47(36-70-57(42-22-16-13-17-23-42,43-24-28-45(66-8)29-25-43)44-26-30-46(67-9)31-27-44)71-53(50)62-38-59-48-51(62)60-37-61(52(48)64)33-19-35-68-54(65)41-20-14-12-15-21-41/h12-17,20-31,37-40,47,49-50,53,55H,18-19,33-36H2,1-11H3/t47-,49-,50-,53-,55?/m1/s1. The third-order valence-corrected chi connectivity index (χ3v) is 18.4. The molecule has 6 aromatic rings. The van der Waals surface area contributed by atoms with Crippen molar-refractivity contribution < 1.29 is 42.4 Å². The van der Waals surface area contributed by atoms with E-state index in [4.69, 9.17) is 42.6 Å². The molecule has 3 heterocycles. The van der Waals surface area contributed by atoms with E-state index in [1.807, 2.05) is 84.9 Å². The van der Waals surface area contributed by atoms with Crippen LogP contribution in [0.15, 0.2) is 127 Å². The van der Waals surface area contributed by atoms with Crippen LogP contribution >= 0.6 is 0 Å². The van der Waals surface area contributed by atoms with Gasteiger partial charge in [-0.1, -0.05) is 93.6 Å². The number of imidazole rings is 1. The van der Waals surface area contributed by atoms with Gasteiger partial charge in [0.1, 0.15) is 41.7 Å². The number of nitrogens with zero attached hydrogens (tertiary/aromatic N) is 6. The van der Waals surface area contributed by atoms with Crippen molar-refractivity contribution in [2.24, 2.45) is 0 Å². The number of nitriles is 1. The third kappa shape index (κ3) is 12.3. The SMILES string of the molecule is COc1ccc(C(OC[C@H]2O[C@@H](n3cnc4c(=O)n(CCCOC(=O)c5ccccc5)cnc43)[C@H](OC(OCCC#N)N(C(C)C)C(C)C)[C@@H]2O[Si](C)(C)C(C)(C)C)(c2ccccc2)c2ccc(OC)cc2)cc1. The summed E-state index contributed by atoms with van der Waals surface area (Å²) in [7, 11) is 0.587. The average Bonchev–Trinajstić information content (AvgIpc) is 3.97. The quantitative estimate of drug-likeness (QED) is 0.0184. The van der Waals surface area contributed by atoms with Crippen LogP contribution in [0.2, 0.25) is 18.1 Å². The molecular formula is C57H72N6O10Si. The van der Waals surface area contributed by atoms with Gasteiger partial charge < -0.3 is 37.6 Å². The second-order valence-corrected chi connectivity index (χ2v) is 25.2. The molecule has 1 aliphatic rings. The minimum Gasteiger partial charge on any atom is -0.497 e. The van der Waals surface area contributed by atoms with Crippen LogP contribution < -0.4 is 15.0 Å². The molecule has 5 atom stereocenters. The van der Waals surface area contributed by atoms with E-state index in [0.29, 0.717) is 23.5 Å². The lowest BCUT2D eigenvalue weighted by Crippen LogP contribution is -2.54. The molecule has 0 bridgehead atoms. The molecule has 1 saturated heterocycles. The van der Waals surface area contributed by atoms with E-state index in [-0.39, 0.29) is 66.6 Å².